The van der Waals surface area contributed by atoms with E-state index < -0.39 is 6.23 Å². The summed E-state index contributed by atoms with van der Waals surface area (Å²) in [6.07, 6.45) is 0.862. The zero-order valence-corrected chi connectivity index (χ0v) is 19.3. The number of nitrogens with zero attached hydrogens (tertiary/aromatic N) is 4. The maximum Gasteiger partial charge on any atom is 0.273 e. The average Bonchev–Trinajstić information content (AvgIpc) is 3.25. The summed E-state index contributed by atoms with van der Waals surface area (Å²) in [7, 11) is 1.60. The van der Waals surface area contributed by atoms with Crippen LogP contribution in [-0.4, -0.2) is 54.1 Å². The summed E-state index contributed by atoms with van der Waals surface area (Å²) < 4.78 is 7.13. The van der Waals surface area contributed by atoms with E-state index in [9.17, 15) is 15.2 Å². The van der Waals surface area contributed by atoms with Crippen LogP contribution in [0.15, 0.2) is 34.4 Å². The van der Waals surface area contributed by atoms with Crippen molar-refractivity contribution in [1.82, 2.24) is 14.9 Å². The highest BCUT2D eigenvalue weighted by atomic mass is 32.1. The van der Waals surface area contributed by atoms with Crippen LogP contribution in [0.2, 0.25) is 0 Å². The lowest BCUT2D eigenvalue weighted by atomic mass is 10.1. The Bertz CT molecular complexity index is 1220. The molecule has 1 unspecified atom stereocenters. The third-order valence-corrected chi connectivity index (χ3v) is 6.81. The van der Waals surface area contributed by atoms with Gasteiger partial charge in [-0.25, -0.2) is 4.98 Å². The number of anilines is 1. The molecule has 0 spiro atoms. The fraction of sp³-hybridized carbons (Fsp3) is 0.435. The number of hydrogen-bond donors (Lipinski definition) is 3. The molecule has 0 aliphatic carbocycles. The summed E-state index contributed by atoms with van der Waals surface area (Å²) in [5, 5.41) is 24.9. The fourth-order valence-electron chi connectivity index (χ4n) is 4.12. The predicted octanol–water partition coefficient (Wildman–Crippen LogP) is 1.53. The Kier molecular flexibility index (Phi) is 7.37. The van der Waals surface area contributed by atoms with Gasteiger partial charge in [-0.05, 0) is 24.5 Å². The van der Waals surface area contributed by atoms with Gasteiger partial charge in [-0.3, -0.25) is 14.7 Å². The van der Waals surface area contributed by atoms with Gasteiger partial charge in [0.05, 0.1) is 30.3 Å². The van der Waals surface area contributed by atoms with Gasteiger partial charge in [0, 0.05) is 43.7 Å². The first-order valence-electron chi connectivity index (χ1n) is 10.9. The van der Waals surface area contributed by atoms with Crippen molar-refractivity contribution in [2.24, 2.45) is 5.73 Å². The number of rotatable bonds is 8. The Labute approximate surface area is 196 Å². The second-order valence-electron chi connectivity index (χ2n) is 8.14. The van der Waals surface area contributed by atoms with Crippen molar-refractivity contribution < 1.29 is 9.84 Å². The topological polar surface area (TPSA) is 129 Å². The summed E-state index contributed by atoms with van der Waals surface area (Å²) in [4.78, 5) is 20.6. The molecule has 1 aliphatic rings. The van der Waals surface area contributed by atoms with Gasteiger partial charge in [-0.2, -0.15) is 5.26 Å². The molecule has 33 heavy (non-hydrogen) atoms. The zero-order valence-electron chi connectivity index (χ0n) is 18.5. The van der Waals surface area contributed by atoms with E-state index in [2.05, 4.69) is 11.4 Å². The highest BCUT2D eigenvalue weighted by Gasteiger charge is 2.25. The van der Waals surface area contributed by atoms with E-state index in [0.717, 1.165) is 24.9 Å². The summed E-state index contributed by atoms with van der Waals surface area (Å²) >= 11 is 1.26. The van der Waals surface area contributed by atoms with Crippen molar-refractivity contribution in [3.8, 4) is 6.07 Å². The Morgan fingerprint density at radius 2 is 2.27 bits per heavy atom. The summed E-state index contributed by atoms with van der Waals surface area (Å²) in [5.74, 6) is 0.513. The summed E-state index contributed by atoms with van der Waals surface area (Å²) in [6, 6.07) is 9.46. The summed E-state index contributed by atoms with van der Waals surface area (Å²) in [5.41, 5.74) is 8.37. The number of thiophene rings is 1. The van der Waals surface area contributed by atoms with Gasteiger partial charge < -0.3 is 20.5 Å². The summed E-state index contributed by atoms with van der Waals surface area (Å²) in [6.45, 7) is 2.47. The molecule has 0 radical (unpaired) electrons. The van der Waals surface area contributed by atoms with E-state index in [1.54, 1.807) is 29.2 Å². The molecule has 4 rings (SSSR count). The van der Waals surface area contributed by atoms with Crippen LogP contribution in [0.3, 0.4) is 0 Å². The highest BCUT2D eigenvalue weighted by molar-refractivity contribution is 7.17. The largest absolute Gasteiger partial charge is 0.383 e. The molecule has 1 fully saturated rings. The molecule has 1 aromatic carbocycles. The van der Waals surface area contributed by atoms with Gasteiger partial charge in [0.2, 0.25) is 5.95 Å². The van der Waals surface area contributed by atoms with Crippen LogP contribution in [0.1, 0.15) is 35.8 Å². The molecule has 174 valence electrons. The Morgan fingerprint density at radius 3 is 3.03 bits per heavy atom. The molecule has 0 saturated carbocycles. The molecule has 10 heteroatoms. The lowest BCUT2D eigenvalue weighted by Crippen LogP contribution is -2.45. The van der Waals surface area contributed by atoms with Crippen LogP contribution < -0.4 is 21.5 Å². The Balaban J connectivity index is 1.82. The molecule has 4 N–H and O–H groups in total. The van der Waals surface area contributed by atoms with Crippen molar-refractivity contribution in [2.75, 3.05) is 38.3 Å². The number of benzene rings is 1. The first-order valence-corrected chi connectivity index (χ1v) is 11.8. The lowest BCUT2D eigenvalue weighted by molar-refractivity contribution is 0.120. The third-order valence-electron chi connectivity index (χ3n) is 5.83. The standard InChI is InChI=1S/C23H28N6O3S/c1-32-10-8-26-21(30)18-14-33-20-19(18)27-23(28-9-4-7-17(25)13-28)29(22(20)31)12-16-6-3-2-5-15(16)11-24/h2-3,5-6,14,17,21,26,30H,4,7-10,12-13,25H2,1H3/t17-,21?/m1/s1. The third kappa shape index (κ3) is 4.93. The first-order chi connectivity index (χ1) is 16.0. The van der Waals surface area contributed by atoms with Crippen LogP contribution in [0.4, 0.5) is 5.95 Å². The molecule has 0 amide bonds. The van der Waals surface area contributed by atoms with Gasteiger partial charge in [0.15, 0.2) is 0 Å². The van der Waals surface area contributed by atoms with E-state index in [-0.39, 0.29) is 18.1 Å². The molecule has 1 saturated heterocycles. The number of nitriles is 1. The van der Waals surface area contributed by atoms with Crippen molar-refractivity contribution >= 4 is 27.5 Å². The van der Waals surface area contributed by atoms with Gasteiger partial charge in [-0.1, -0.05) is 18.2 Å². The minimum atomic E-state index is -0.965. The first kappa shape index (κ1) is 23.4. The molecular formula is C23H28N6O3S. The monoisotopic (exact) mass is 468 g/mol. The quantitative estimate of drug-likeness (QED) is 0.335. The number of aromatic nitrogens is 2. The number of nitrogens with two attached hydrogens (primary N) is 1. The van der Waals surface area contributed by atoms with Crippen LogP contribution in [0.25, 0.3) is 10.2 Å². The molecule has 0 bridgehead atoms. The number of ether oxygens (including phenoxy) is 1. The van der Waals surface area contributed by atoms with Crippen LogP contribution >= 0.6 is 11.3 Å². The van der Waals surface area contributed by atoms with Gasteiger partial charge in [0.25, 0.3) is 5.56 Å². The van der Waals surface area contributed by atoms with E-state index in [0.29, 0.717) is 47.0 Å². The normalized spacial score (nSPS) is 17.3. The van der Waals surface area contributed by atoms with Crippen molar-refractivity contribution in [3.63, 3.8) is 0 Å². The average molecular weight is 469 g/mol. The van der Waals surface area contributed by atoms with E-state index in [4.69, 9.17) is 15.5 Å². The maximum absolute atomic E-state index is 13.6. The van der Waals surface area contributed by atoms with Crippen molar-refractivity contribution in [2.45, 2.75) is 31.7 Å². The molecule has 3 heterocycles. The molecule has 3 aromatic rings. The van der Waals surface area contributed by atoms with Crippen LogP contribution in [0, 0.1) is 11.3 Å². The number of nitrogens with one attached hydrogen (secondary N) is 1. The fourth-order valence-corrected chi connectivity index (χ4v) is 5.09. The van der Waals surface area contributed by atoms with Crippen molar-refractivity contribution in [3.05, 3.63) is 56.7 Å². The van der Waals surface area contributed by atoms with Gasteiger partial charge >= 0.3 is 0 Å². The van der Waals surface area contributed by atoms with Crippen molar-refractivity contribution in [1.29, 1.82) is 5.26 Å². The van der Waals surface area contributed by atoms with Crippen LogP contribution in [0.5, 0.6) is 0 Å². The molecule has 1 aliphatic heterocycles. The maximum atomic E-state index is 13.6. The molecule has 9 nitrogen and oxygen atoms in total. The number of piperidine rings is 1. The number of fused-ring (bicyclic) bond motifs is 1. The van der Waals surface area contributed by atoms with E-state index in [1.165, 1.54) is 11.3 Å². The predicted molar refractivity (Wildman–Crippen MR) is 128 cm³/mol. The van der Waals surface area contributed by atoms with E-state index >= 15 is 0 Å². The number of aliphatic hydroxyl groups is 1. The van der Waals surface area contributed by atoms with E-state index in [1.807, 2.05) is 17.0 Å². The minimum absolute atomic E-state index is 0.00515. The second-order valence-corrected chi connectivity index (χ2v) is 9.02. The molecule has 2 atom stereocenters. The SMILES string of the molecule is COCCNC(O)c1csc2c(=O)n(Cc3ccccc3C#N)c(N3CCC[C@@H](N)C3)nc12. The lowest BCUT2D eigenvalue weighted by Gasteiger charge is -2.33. The molecular weight excluding hydrogens is 440 g/mol. The van der Waals surface area contributed by atoms with Crippen LogP contribution in [-0.2, 0) is 11.3 Å². The van der Waals surface area contributed by atoms with Gasteiger partial charge in [-0.15, -0.1) is 11.3 Å². The Hall–Kier alpha value is -2.81. The Morgan fingerprint density at radius 1 is 1.45 bits per heavy atom. The number of hydrogen-bond acceptors (Lipinski definition) is 9. The minimum Gasteiger partial charge on any atom is -0.383 e. The molecule has 2 aromatic heterocycles. The number of methoxy groups -OCH3 is 1. The van der Waals surface area contributed by atoms with Gasteiger partial charge in [0.1, 0.15) is 10.9 Å². The zero-order chi connectivity index (χ0) is 23.4. The smallest absolute Gasteiger partial charge is 0.273 e. The highest BCUT2D eigenvalue weighted by Crippen LogP contribution is 2.29. The second kappa shape index (κ2) is 10.4. The number of aliphatic hydroxyl groups excluding tert-OH is 1.